The number of hydrazone groups is 1. The van der Waals surface area contributed by atoms with Gasteiger partial charge in [-0.15, -0.1) is 0 Å². The first-order valence-electron chi connectivity index (χ1n) is 13.5. The summed E-state index contributed by atoms with van der Waals surface area (Å²) in [4.78, 5) is 26.2. The van der Waals surface area contributed by atoms with Gasteiger partial charge in [0.15, 0.2) is 17.6 Å². The average Bonchev–Trinajstić information content (AvgIpc) is 2.96. The first kappa shape index (κ1) is 31.8. The molecule has 41 heavy (non-hydrogen) atoms. The predicted molar refractivity (Wildman–Crippen MR) is 162 cm³/mol. The minimum absolute atomic E-state index is 0.251. The molecule has 0 aliphatic heterocycles. The van der Waals surface area contributed by atoms with E-state index >= 15 is 0 Å². The van der Waals surface area contributed by atoms with Crippen LogP contribution in [0.15, 0.2) is 71.8 Å². The third-order valence-electron chi connectivity index (χ3n) is 5.89. The van der Waals surface area contributed by atoms with Gasteiger partial charge in [0.1, 0.15) is 11.8 Å². The molecule has 0 unspecified atom stereocenters. The van der Waals surface area contributed by atoms with E-state index in [-0.39, 0.29) is 11.4 Å². The predicted octanol–water partition coefficient (Wildman–Crippen LogP) is 6.22. The summed E-state index contributed by atoms with van der Waals surface area (Å²) >= 11 is 12.1. The second kappa shape index (κ2) is 16.5. The van der Waals surface area contributed by atoms with E-state index in [1.165, 1.54) is 12.3 Å². The molecule has 0 aliphatic carbocycles. The largest absolute Gasteiger partial charge is 0.490 e. The number of amides is 2. The molecule has 0 saturated heterocycles. The Bertz CT molecular complexity index is 1320. The normalized spacial score (nSPS) is 12.4. The first-order chi connectivity index (χ1) is 19.8. The van der Waals surface area contributed by atoms with Crippen molar-refractivity contribution in [3.8, 4) is 17.2 Å². The van der Waals surface area contributed by atoms with E-state index in [0.29, 0.717) is 41.0 Å². The van der Waals surface area contributed by atoms with Crippen molar-refractivity contribution in [2.75, 3.05) is 13.2 Å². The Balaban J connectivity index is 1.69. The zero-order chi connectivity index (χ0) is 29.6. The topological polar surface area (TPSA) is 98.2 Å². The Kier molecular flexibility index (Phi) is 12.8. The number of hydrogen-bond donors (Lipinski definition) is 2. The third-order valence-corrected chi connectivity index (χ3v) is 6.42. The zero-order valence-corrected chi connectivity index (χ0v) is 24.9. The summed E-state index contributed by atoms with van der Waals surface area (Å²) in [5.74, 6) is 0.586. The summed E-state index contributed by atoms with van der Waals surface area (Å²) in [6.07, 6.45) is 2.80. The fraction of sp³-hybridized carbons (Fsp3) is 0.323. The number of nitrogens with one attached hydrogen (secondary N) is 2. The van der Waals surface area contributed by atoms with Crippen molar-refractivity contribution >= 4 is 41.2 Å². The standard InChI is InChI=1S/C31H35Cl2N3O5/c1-4-6-16-40-28-14-12-23(18-29(28)39-5-2)20-34-36-31(38)26(17-22-10-8-7-9-11-22)35-30(37)21(3)41-27-15-13-24(32)19-25(27)33/h7-15,18-21,26H,4-6,16-17H2,1-3H3,(H,35,37)(H,36,38)/b34-20-/t21-,26-/m0/s1. The maximum Gasteiger partial charge on any atom is 0.262 e. The molecule has 0 fully saturated rings. The van der Waals surface area contributed by atoms with Crippen LogP contribution < -0.4 is 25.0 Å². The second-order valence-corrected chi connectivity index (χ2v) is 10.0. The van der Waals surface area contributed by atoms with Gasteiger partial charge in [-0.05, 0) is 67.8 Å². The van der Waals surface area contributed by atoms with Gasteiger partial charge in [0, 0.05) is 11.4 Å². The van der Waals surface area contributed by atoms with Gasteiger partial charge in [-0.3, -0.25) is 9.59 Å². The van der Waals surface area contributed by atoms with Crippen molar-refractivity contribution in [1.82, 2.24) is 10.7 Å². The SMILES string of the molecule is CCCCOc1ccc(/C=N\NC(=O)[C@H](Cc2ccccc2)NC(=O)[C@H](C)Oc2ccc(Cl)cc2Cl)cc1OCC. The summed E-state index contributed by atoms with van der Waals surface area (Å²) < 4.78 is 17.2. The van der Waals surface area contributed by atoms with Gasteiger partial charge >= 0.3 is 0 Å². The smallest absolute Gasteiger partial charge is 0.262 e. The molecule has 0 aliphatic rings. The molecule has 0 saturated carbocycles. The highest BCUT2D eigenvalue weighted by molar-refractivity contribution is 6.35. The van der Waals surface area contributed by atoms with Gasteiger partial charge in [-0.1, -0.05) is 66.9 Å². The summed E-state index contributed by atoms with van der Waals surface area (Å²) in [5, 5.41) is 7.61. The molecule has 2 atom stereocenters. The minimum Gasteiger partial charge on any atom is -0.490 e. The lowest BCUT2D eigenvalue weighted by Gasteiger charge is -2.21. The van der Waals surface area contributed by atoms with Crippen LogP contribution in [-0.2, 0) is 16.0 Å². The molecule has 0 radical (unpaired) electrons. The highest BCUT2D eigenvalue weighted by atomic mass is 35.5. The zero-order valence-electron chi connectivity index (χ0n) is 23.4. The van der Waals surface area contributed by atoms with Crippen LogP contribution in [0.5, 0.6) is 17.2 Å². The molecule has 3 aromatic carbocycles. The van der Waals surface area contributed by atoms with Gasteiger partial charge in [0.05, 0.1) is 24.5 Å². The maximum atomic E-state index is 13.2. The Morgan fingerprint density at radius 1 is 0.927 bits per heavy atom. The first-order valence-corrected chi connectivity index (χ1v) is 14.2. The van der Waals surface area contributed by atoms with Crippen LogP contribution in [0.4, 0.5) is 0 Å². The highest BCUT2D eigenvalue weighted by Crippen LogP contribution is 2.29. The lowest BCUT2D eigenvalue weighted by molar-refractivity contribution is -0.132. The van der Waals surface area contributed by atoms with E-state index in [4.69, 9.17) is 37.4 Å². The van der Waals surface area contributed by atoms with Crippen molar-refractivity contribution < 1.29 is 23.8 Å². The van der Waals surface area contributed by atoms with E-state index in [9.17, 15) is 9.59 Å². The number of carbonyl (C=O) groups excluding carboxylic acids is 2. The minimum atomic E-state index is -0.932. The Labute approximate surface area is 251 Å². The monoisotopic (exact) mass is 599 g/mol. The van der Waals surface area contributed by atoms with Crippen LogP contribution in [0.1, 0.15) is 44.7 Å². The Hall–Kier alpha value is -3.75. The Morgan fingerprint density at radius 2 is 1.68 bits per heavy atom. The van der Waals surface area contributed by atoms with E-state index in [1.54, 1.807) is 25.1 Å². The Morgan fingerprint density at radius 3 is 2.39 bits per heavy atom. The number of halogens is 2. The lowest BCUT2D eigenvalue weighted by atomic mass is 10.1. The van der Waals surface area contributed by atoms with Crippen LogP contribution in [0, 0.1) is 0 Å². The van der Waals surface area contributed by atoms with Crippen molar-refractivity contribution in [2.45, 2.75) is 52.2 Å². The molecular formula is C31H35Cl2N3O5. The molecule has 3 rings (SSSR count). The van der Waals surface area contributed by atoms with Crippen molar-refractivity contribution in [3.05, 3.63) is 87.9 Å². The van der Waals surface area contributed by atoms with E-state index in [1.807, 2.05) is 49.4 Å². The summed E-state index contributed by atoms with van der Waals surface area (Å²) in [5.41, 5.74) is 4.11. The van der Waals surface area contributed by atoms with E-state index in [0.717, 1.165) is 18.4 Å². The molecule has 3 aromatic rings. The molecule has 0 heterocycles. The van der Waals surface area contributed by atoms with Crippen molar-refractivity contribution in [1.29, 1.82) is 0 Å². The van der Waals surface area contributed by atoms with Crippen LogP contribution >= 0.6 is 23.2 Å². The number of rotatable bonds is 15. The van der Waals surface area contributed by atoms with Crippen LogP contribution in [0.3, 0.4) is 0 Å². The van der Waals surface area contributed by atoms with E-state index in [2.05, 4.69) is 22.8 Å². The highest BCUT2D eigenvalue weighted by Gasteiger charge is 2.25. The fourth-order valence-corrected chi connectivity index (χ4v) is 4.18. The number of ether oxygens (including phenoxy) is 3. The number of unbranched alkanes of at least 4 members (excludes halogenated alkanes) is 1. The van der Waals surface area contributed by atoms with Gasteiger partial charge in [0.2, 0.25) is 0 Å². The second-order valence-electron chi connectivity index (χ2n) is 9.16. The molecular weight excluding hydrogens is 565 g/mol. The fourth-order valence-electron chi connectivity index (χ4n) is 3.73. The molecule has 218 valence electrons. The van der Waals surface area contributed by atoms with Gasteiger partial charge < -0.3 is 19.5 Å². The molecule has 0 spiro atoms. The van der Waals surface area contributed by atoms with Gasteiger partial charge in [-0.2, -0.15) is 5.10 Å². The number of carbonyl (C=O) groups is 2. The van der Waals surface area contributed by atoms with Crippen molar-refractivity contribution in [2.24, 2.45) is 5.10 Å². The van der Waals surface area contributed by atoms with Crippen LogP contribution in [-0.4, -0.2) is 43.4 Å². The molecule has 0 aromatic heterocycles. The van der Waals surface area contributed by atoms with Crippen LogP contribution in [0.25, 0.3) is 0 Å². The van der Waals surface area contributed by atoms with Gasteiger partial charge in [0.25, 0.3) is 11.8 Å². The van der Waals surface area contributed by atoms with Crippen molar-refractivity contribution in [3.63, 3.8) is 0 Å². The van der Waals surface area contributed by atoms with Crippen LogP contribution in [0.2, 0.25) is 10.0 Å². The molecule has 2 amide bonds. The molecule has 2 N–H and O–H groups in total. The molecule has 0 bridgehead atoms. The number of nitrogens with zero attached hydrogens (tertiary/aromatic N) is 1. The third kappa shape index (κ3) is 10.3. The number of benzene rings is 3. The van der Waals surface area contributed by atoms with Gasteiger partial charge in [-0.25, -0.2) is 5.43 Å². The quantitative estimate of drug-likeness (QED) is 0.123. The summed E-state index contributed by atoms with van der Waals surface area (Å²) in [6.45, 7) is 6.65. The maximum absolute atomic E-state index is 13.2. The summed E-state index contributed by atoms with van der Waals surface area (Å²) in [6, 6.07) is 18.6. The molecule has 10 heteroatoms. The molecule has 8 nitrogen and oxygen atoms in total. The number of hydrogen-bond acceptors (Lipinski definition) is 6. The lowest BCUT2D eigenvalue weighted by Crippen LogP contribution is -2.50. The average molecular weight is 601 g/mol. The van der Waals surface area contributed by atoms with E-state index < -0.39 is 24.0 Å². The summed E-state index contributed by atoms with van der Waals surface area (Å²) in [7, 11) is 0.